The number of hydrogen-bond donors (Lipinski definition) is 1. The topological polar surface area (TPSA) is 67.2 Å². The predicted octanol–water partition coefficient (Wildman–Crippen LogP) is 0.703. The summed E-state index contributed by atoms with van der Waals surface area (Å²) in [7, 11) is 0.0205. The molecular formula is C12H24N4O2S2. The number of nitrogens with zero attached hydrogens (tertiary/aromatic N) is 3. The molecule has 0 aromatic carbocycles. The summed E-state index contributed by atoms with van der Waals surface area (Å²) in [6.45, 7) is 5.48. The maximum absolute atomic E-state index is 12.6. The zero-order valence-corrected chi connectivity index (χ0v) is 14.4. The van der Waals surface area contributed by atoms with Crippen LogP contribution in [0, 0.1) is 13.8 Å². The Morgan fingerprint density at radius 1 is 1.40 bits per heavy atom. The average Bonchev–Trinajstić information content (AvgIpc) is 2.68. The zero-order chi connectivity index (χ0) is 15.3. The van der Waals surface area contributed by atoms with E-state index in [2.05, 4.69) is 10.4 Å². The van der Waals surface area contributed by atoms with Crippen molar-refractivity contribution in [2.45, 2.75) is 25.3 Å². The molecular weight excluding hydrogens is 296 g/mol. The minimum atomic E-state index is -3.46. The summed E-state index contributed by atoms with van der Waals surface area (Å²) in [5, 5.41) is 7.38. The van der Waals surface area contributed by atoms with Crippen molar-refractivity contribution >= 4 is 21.8 Å². The molecule has 1 N–H and O–H groups in total. The minimum Gasteiger partial charge on any atom is -0.318 e. The summed E-state index contributed by atoms with van der Waals surface area (Å²) in [5.74, 6) is 0.779. The molecule has 0 spiro atoms. The maximum Gasteiger partial charge on any atom is 0.246 e. The third-order valence-corrected chi connectivity index (χ3v) is 5.87. The highest BCUT2D eigenvalue weighted by Gasteiger charge is 2.28. The molecule has 1 heterocycles. The molecule has 0 saturated carbocycles. The van der Waals surface area contributed by atoms with Crippen LogP contribution < -0.4 is 5.32 Å². The van der Waals surface area contributed by atoms with Gasteiger partial charge < -0.3 is 5.32 Å². The lowest BCUT2D eigenvalue weighted by Crippen LogP contribution is -2.30. The van der Waals surface area contributed by atoms with E-state index in [1.54, 1.807) is 30.4 Å². The van der Waals surface area contributed by atoms with Crippen molar-refractivity contribution in [3.63, 3.8) is 0 Å². The second-order valence-electron chi connectivity index (χ2n) is 4.65. The van der Waals surface area contributed by atoms with E-state index in [0.717, 1.165) is 12.3 Å². The van der Waals surface area contributed by atoms with Crippen LogP contribution in [0.2, 0.25) is 0 Å². The number of sulfonamides is 1. The predicted molar refractivity (Wildman–Crippen MR) is 83.8 cm³/mol. The molecule has 116 valence electrons. The fraction of sp³-hybridized carbons (Fsp3) is 0.750. The first kappa shape index (κ1) is 17.5. The number of nitrogens with one attached hydrogen (secondary N) is 1. The number of thioether (sulfide) groups is 1. The standard InChI is InChI=1S/C12H24N4O2S2/c1-10-12(11(2)16(14-10)7-6-13-3)20(17,18)15(4)8-9-19-5/h13H,6-9H2,1-5H3. The largest absolute Gasteiger partial charge is 0.318 e. The van der Waals surface area contributed by atoms with Gasteiger partial charge in [-0.05, 0) is 27.2 Å². The first-order chi connectivity index (χ1) is 9.36. The molecule has 0 fully saturated rings. The molecule has 0 aliphatic carbocycles. The molecule has 0 unspecified atom stereocenters. The zero-order valence-electron chi connectivity index (χ0n) is 12.8. The van der Waals surface area contributed by atoms with Gasteiger partial charge >= 0.3 is 0 Å². The Balaban J connectivity index is 3.09. The summed E-state index contributed by atoms with van der Waals surface area (Å²) in [6.07, 6.45) is 1.97. The summed E-state index contributed by atoms with van der Waals surface area (Å²) in [6, 6.07) is 0. The molecule has 0 bridgehead atoms. The van der Waals surface area contributed by atoms with Crippen molar-refractivity contribution in [3.8, 4) is 0 Å². The van der Waals surface area contributed by atoms with Gasteiger partial charge in [-0.1, -0.05) is 0 Å². The summed E-state index contributed by atoms with van der Waals surface area (Å²) in [4.78, 5) is 0.345. The summed E-state index contributed by atoms with van der Waals surface area (Å²) in [5.41, 5.74) is 1.27. The third-order valence-electron chi connectivity index (χ3n) is 3.17. The Morgan fingerprint density at radius 3 is 2.60 bits per heavy atom. The van der Waals surface area contributed by atoms with Gasteiger partial charge in [-0.15, -0.1) is 0 Å². The molecule has 1 rings (SSSR count). The molecule has 0 saturated heterocycles. The molecule has 0 atom stereocenters. The van der Waals surface area contributed by atoms with Crippen LogP contribution in [-0.2, 0) is 16.6 Å². The lowest BCUT2D eigenvalue weighted by Gasteiger charge is -2.16. The lowest BCUT2D eigenvalue weighted by atomic mass is 10.4. The van der Waals surface area contributed by atoms with Crippen LogP contribution in [0.5, 0.6) is 0 Å². The van der Waals surface area contributed by atoms with Gasteiger partial charge in [0.25, 0.3) is 0 Å². The quantitative estimate of drug-likeness (QED) is 0.764. The molecule has 1 aromatic rings. The number of hydrogen-bond acceptors (Lipinski definition) is 5. The molecule has 0 radical (unpaired) electrons. The van der Waals surface area contributed by atoms with Crippen LogP contribution in [0.4, 0.5) is 0 Å². The van der Waals surface area contributed by atoms with Crippen LogP contribution in [0.25, 0.3) is 0 Å². The fourth-order valence-corrected chi connectivity index (χ4v) is 4.09. The fourth-order valence-electron chi connectivity index (χ4n) is 1.99. The summed E-state index contributed by atoms with van der Waals surface area (Å²) >= 11 is 1.63. The smallest absolute Gasteiger partial charge is 0.246 e. The third kappa shape index (κ3) is 3.75. The molecule has 20 heavy (non-hydrogen) atoms. The van der Waals surface area contributed by atoms with E-state index in [0.29, 0.717) is 29.4 Å². The van der Waals surface area contributed by atoms with Gasteiger partial charge in [0.2, 0.25) is 10.0 Å². The number of rotatable bonds is 8. The van der Waals surface area contributed by atoms with E-state index in [4.69, 9.17) is 0 Å². The molecule has 0 aliphatic rings. The maximum atomic E-state index is 12.6. The van der Waals surface area contributed by atoms with E-state index in [-0.39, 0.29) is 0 Å². The van der Waals surface area contributed by atoms with E-state index >= 15 is 0 Å². The number of aryl methyl sites for hydroxylation is 1. The highest BCUT2D eigenvalue weighted by Crippen LogP contribution is 2.22. The van der Waals surface area contributed by atoms with Gasteiger partial charge in [0, 0.05) is 25.9 Å². The monoisotopic (exact) mass is 320 g/mol. The van der Waals surface area contributed by atoms with Crippen molar-refractivity contribution in [2.24, 2.45) is 0 Å². The van der Waals surface area contributed by atoms with Crippen molar-refractivity contribution in [2.75, 3.05) is 39.2 Å². The molecule has 6 nitrogen and oxygen atoms in total. The Labute approximate surface area is 126 Å². The normalized spacial score (nSPS) is 12.3. The second-order valence-corrected chi connectivity index (χ2v) is 7.61. The van der Waals surface area contributed by atoms with Crippen LogP contribution in [-0.4, -0.2) is 61.7 Å². The average molecular weight is 320 g/mol. The minimum absolute atomic E-state index is 0.345. The molecule has 0 amide bonds. The summed E-state index contributed by atoms with van der Waals surface area (Å²) < 4.78 is 28.4. The Hall–Kier alpha value is -0.570. The molecule has 0 aliphatic heterocycles. The Kier molecular flexibility index (Phi) is 6.50. The van der Waals surface area contributed by atoms with Crippen LogP contribution >= 0.6 is 11.8 Å². The van der Waals surface area contributed by atoms with Crippen LogP contribution in [0.15, 0.2) is 4.90 Å². The second kappa shape index (κ2) is 7.44. The first-order valence-corrected chi connectivity index (χ1v) is 9.33. The van der Waals surface area contributed by atoms with Gasteiger partial charge in [0.15, 0.2) is 0 Å². The van der Waals surface area contributed by atoms with Crippen molar-refractivity contribution < 1.29 is 8.42 Å². The van der Waals surface area contributed by atoms with E-state index < -0.39 is 10.0 Å². The van der Waals surface area contributed by atoms with Gasteiger partial charge in [-0.3, -0.25) is 4.68 Å². The SMILES string of the molecule is CNCCn1nc(C)c(S(=O)(=O)N(C)CCSC)c1C. The van der Waals surface area contributed by atoms with Gasteiger partial charge in [-0.25, -0.2) is 8.42 Å². The molecule has 1 aromatic heterocycles. The van der Waals surface area contributed by atoms with Gasteiger partial charge in [-0.2, -0.15) is 21.2 Å². The van der Waals surface area contributed by atoms with Gasteiger partial charge in [0.1, 0.15) is 4.90 Å². The van der Waals surface area contributed by atoms with Crippen molar-refractivity contribution in [1.29, 1.82) is 0 Å². The van der Waals surface area contributed by atoms with E-state index in [1.165, 1.54) is 4.31 Å². The van der Waals surface area contributed by atoms with Crippen LogP contribution in [0.1, 0.15) is 11.4 Å². The highest BCUT2D eigenvalue weighted by molar-refractivity contribution is 7.98. The van der Waals surface area contributed by atoms with Crippen LogP contribution in [0.3, 0.4) is 0 Å². The van der Waals surface area contributed by atoms with E-state index in [1.807, 2.05) is 20.2 Å². The Bertz CT molecular complexity index is 540. The highest BCUT2D eigenvalue weighted by atomic mass is 32.2. The van der Waals surface area contributed by atoms with Crippen molar-refractivity contribution in [1.82, 2.24) is 19.4 Å². The lowest BCUT2D eigenvalue weighted by molar-refractivity contribution is 0.487. The molecule has 8 heteroatoms. The number of likely N-dealkylation sites (N-methyl/N-ethyl adjacent to an activating group) is 1. The Morgan fingerprint density at radius 2 is 2.05 bits per heavy atom. The number of aromatic nitrogens is 2. The first-order valence-electron chi connectivity index (χ1n) is 6.50. The van der Waals surface area contributed by atoms with E-state index in [9.17, 15) is 8.42 Å². The van der Waals surface area contributed by atoms with Crippen molar-refractivity contribution in [3.05, 3.63) is 11.4 Å². The van der Waals surface area contributed by atoms with Gasteiger partial charge in [0.05, 0.1) is 17.9 Å².